The lowest BCUT2D eigenvalue weighted by Crippen LogP contribution is -1.91. The molecule has 0 saturated heterocycles. The number of rotatable bonds is 2. The molecule has 0 aliphatic heterocycles. The van der Waals surface area contributed by atoms with Gasteiger partial charge in [0.15, 0.2) is 5.76 Å². The normalized spacial score (nSPS) is 10.8. The Bertz CT molecular complexity index is 728. The molecule has 1 aromatic carbocycles. The fourth-order valence-electron chi connectivity index (χ4n) is 1.88. The highest BCUT2D eigenvalue weighted by Gasteiger charge is 2.16. The van der Waals surface area contributed by atoms with E-state index in [9.17, 15) is 0 Å². The van der Waals surface area contributed by atoms with Gasteiger partial charge in [-0.25, -0.2) is 0 Å². The van der Waals surface area contributed by atoms with E-state index in [4.69, 9.17) is 14.7 Å². The predicted octanol–water partition coefficient (Wildman–Crippen LogP) is 3.20. The van der Waals surface area contributed by atoms with Crippen LogP contribution < -0.4 is 5.73 Å². The minimum atomic E-state index is 0.395. The van der Waals surface area contributed by atoms with Crippen LogP contribution in [0.25, 0.3) is 23.0 Å². The monoisotopic (exact) mass is 255 g/mol. The summed E-state index contributed by atoms with van der Waals surface area (Å²) in [5, 5.41) is 3.93. The Hall–Kier alpha value is -2.56. The first-order valence-corrected chi connectivity index (χ1v) is 5.90. The van der Waals surface area contributed by atoms with Gasteiger partial charge in [0, 0.05) is 5.69 Å². The van der Waals surface area contributed by atoms with E-state index in [2.05, 4.69) is 10.1 Å². The average molecular weight is 255 g/mol. The molecule has 0 fully saturated rings. The third-order valence-electron chi connectivity index (χ3n) is 2.93. The Morgan fingerprint density at radius 2 is 2.00 bits per heavy atom. The van der Waals surface area contributed by atoms with Crippen molar-refractivity contribution in [3.8, 4) is 23.0 Å². The van der Waals surface area contributed by atoms with Crippen molar-refractivity contribution >= 4 is 5.69 Å². The molecule has 0 unspecified atom stereocenters. The molecule has 2 N–H and O–H groups in total. The summed E-state index contributed by atoms with van der Waals surface area (Å²) < 4.78 is 10.6. The smallest absolute Gasteiger partial charge is 0.260 e. The lowest BCUT2D eigenvalue weighted by Gasteiger charge is -2.01. The Morgan fingerprint density at radius 3 is 2.74 bits per heavy atom. The van der Waals surface area contributed by atoms with Crippen LogP contribution in [-0.4, -0.2) is 10.1 Å². The molecule has 0 spiro atoms. The molecule has 19 heavy (non-hydrogen) atoms. The van der Waals surface area contributed by atoms with Crippen LogP contribution in [0.3, 0.4) is 0 Å². The Balaban J connectivity index is 2.06. The molecule has 2 aromatic heterocycles. The van der Waals surface area contributed by atoms with Crippen LogP contribution in [0.15, 0.2) is 39.5 Å². The topological polar surface area (TPSA) is 78.1 Å². The van der Waals surface area contributed by atoms with Gasteiger partial charge in [-0.1, -0.05) is 16.8 Å². The maximum absolute atomic E-state index is 5.93. The lowest BCUT2D eigenvalue weighted by molar-refractivity contribution is 0.429. The molecule has 5 heteroatoms. The second-order valence-electron chi connectivity index (χ2n) is 4.45. The highest BCUT2D eigenvalue weighted by molar-refractivity contribution is 5.72. The summed E-state index contributed by atoms with van der Waals surface area (Å²) in [5.74, 6) is 1.44. The molecule has 2 heterocycles. The predicted molar refractivity (Wildman–Crippen MR) is 71.3 cm³/mol. The fourth-order valence-corrected chi connectivity index (χ4v) is 1.88. The van der Waals surface area contributed by atoms with Gasteiger partial charge in [-0.05, 0) is 37.6 Å². The quantitative estimate of drug-likeness (QED) is 0.711. The molecule has 0 aliphatic rings. The largest absolute Gasteiger partial charge is 0.461 e. The van der Waals surface area contributed by atoms with Gasteiger partial charge >= 0.3 is 0 Å². The molecule has 3 rings (SSSR count). The summed E-state index contributed by atoms with van der Waals surface area (Å²) in [4.78, 5) is 4.33. The molecular formula is C14H13N3O2. The van der Waals surface area contributed by atoms with Gasteiger partial charge in [0.1, 0.15) is 0 Å². The summed E-state index contributed by atoms with van der Waals surface area (Å²) in [6.07, 6.45) is 1.60. The number of nitrogens with two attached hydrogens (primary N) is 1. The van der Waals surface area contributed by atoms with Crippen LogP contribution in [0.1, 0.15) is 11.1 Å². The van der Waals surface area contributed by atoms with Crippen LogP contribution in [-0.2, 0) is 0 Å². The zero-order valence-electron chi connectivity index (χ0n) is 10.7. The second kappa shape index (κ2) is 4.28. The Kier molecular flexibility index (Phi) is 2.59. The van der Waals surface area contributed by atoms with E-state index in [0.717, 1.165) is 16.7 Å². The molecule has 0 radical (unpaired) electrons. The first kappa shape index (κ1) is 11.5. The van der Waals surface area contributed by atoms with Gasteiger partial charge in [0.2, 0.25) is 5.82 Å². The highest BCUT2D eigenvalue weighted by Crippen LogP contribution is 2.28. The SMILES string of the molecule is Cc1ccc(N)c(-c2nc(-c3occc3C)no2)c1. The summed E-state index contributed by atoms with van der Waals surface area (Å²) in [6.45, 7) is 3.91. The summed E-state index contributed by atoms with van der Waals surface area (Å²) >= 11 is 0. The molecular weight excluding hydrogens is 242 g/mol. The number of nitrogens with zero attached hydrogens (tertiary/aromatic N) is 2. The van der Waals surface area contributed by atoms with Crippen LogP contribution in [0, 0.1) is 13.8 Å². The zero-order chi connectivity index (χ0) is 13.4. The number of aryl methyl sites for hydroxylation is 2. The van der Waals surface area contributed by atoms with Crippen LogP contribution in [0.5, 0.6) is 0 Å². The zero-order valence-corrected chi connectivity index (χ0v) is 10.7. The number of hydrogen-bond donors (Lipinski definition) is 1. The number of furan rings is 1. The summed E-state index contributed by atoms with van der Waals surface area (Å²) in [5.41, 5.74) is 9.32. The minimum absolute atomic E-state index is 0.395. The highest BCUT2D eigenvalue weighted by atomic mass is 16.5. The maximum Gasteiger partial charge on any atom is 0.260 e. The van der Waals surface area contributed by atoms with Crippen molar-refractivity contribution in [1.29, 1.82) is 0 Å². The van der Waals surface area contributed by atoms with Gasteiger partial charge in [-0.2, -0.15) is 4.98 Å². The molecule has 0 aliphatic carbocycles. The van der Waals surface area contributed by atoms with Crippen molar-refractivity contribution in [1.82, 2.24) is 10.1 Å². The molecule has 96 valence electrons. The van der Waals surface area contributed by atoms with Crippen LogP contribution in [0.4, 0.5) is 5.69 Å². The number of anilines is 1. The molecule has 3 aromatic rings. The fraction of sp³-hybridized carbons (Fsp3) is 0.143. The Morgan fingerprint density at radius 1 is 1.16 bits per heavy atom. The Labute approximate surface area is 110 Å². The molecule has 0 amide bonds. The van der Waals surface area contributed by atoms with Gasteiger partial charge in [0.25, 0.3) is 5.89 Å². The first-order chi connectivity index (χ1) is 9.15. The third-order valence-corrected chi connectivity index (χ3v) is 2.93. The molecule has 5 nitrogen and oxygen atoms in total. The van der Waals surface area contributed by atoms with E-state index in [1.807, 2.05) is 38.1 Å². The first-order valence-electron chi connectivity index (χ1n) is 5.90. The lowest BCUT2D eigenvalue weighted by atomic mass is 10.1. The van der Waals surface area contributed by atoms with E-state index in [0.29, 0.717) is 23.2 Å². The van der Waals surface area contributed by atoms with Crippen molar-refractivity contribution in [2.45, 2.75) is 13.8 Å². The second-order valence-corrected chi connectivity index (χ2v) is 4.45. The van der Waals surface area contributed by atoms with E-state index >= 15 is 0 Å². The number of nitrogen functional groups attached to an aromatic ring is 1. The third kappa shape index (κ3) is 1.99. The molecule has 0 bridgehead atoms. The van der Waals surface area contributed by atoms with Crippen molar-refractivity contribution in [2.75, 3.05) is 5.73 Å². The minimum Gasteiger partial charge on any atom is -0.461 e. The van der Waals surface area contributed by atoms with Gasteiger partial charge < -0.3 is 14.7 Å². The average Bonchev–Trinajstić information content (AvgIpc) is 3.00. The van der Waals surface area contributed by atoms with E-state index in [-0.39, 0.29) is 0 Å². The standard InChI is InChI=1S/C14H13N3O2/c1-8-3-4-11(15)10(7-8)14-16-13(17-19-14)12-9(2)5-6-18-12/h3-7H,15H2,1-2H3. The van der Waals surface area contributed by atoms with E-state index in [1.165, 1.54) is 0 Å². The van der Waals surface area contributed by atoms with Gasteiger partial charge in [0.05, 0.1) is 11.8 Å². The van der Waals surface area contributed by atoms with E-state index < -0.39 is 0 Å². The van der Waals surface area contributed by atoms with E-state index in [1.54, 1.807) is 6.26 Å². The van der Waals surface area contributed by atoms with Crippen molar-refractivity contribution in [3.63, 3.8) is 0 Å². The van der Waals surface area contributed by atoms with Crippen LogP contribution in [0.2, 0.25) is 0 Å². The van der Waals surface area contributed by atoms with Crippen LogP contribution >= 0.6 is 0 Å². The van der Waals surface area contributed by atoms with Gasteiger partial charge in [-0.3, -0.25) is 0 Å². The number of aromatic nitrogens is 2. The van der Waals surface area contributed by atoms with Crippen molar-refractivity contribution in [3.05, 3.63) is 41.7 Å². The summed E-state index contributed by atoms with van der Waals surface area (Å²) in [6, 6.07) is 7.54. The summed E-state index contributed by atoms with van der Waals surface area (Å²) in [7, 11) is 0. The maximum atomic E-state index is 5.93. The van der Waals surface area contributed by atoms with Crippen molar-refractivity contribution < 1.29 is 8.94 Å². The number of benzene rings is 1. The van der Waals surface area contributed by atoms with Gasteiger partial charge in [-0.15, -0.1) is 0 Å². The van der Waals surface area contributed by atoms with Crippen molar-refractivity contribution in [2.24, 2.45) is 0 Å². The molecule has 0 atom stereocenters. The number of hydrogen-bond acceptors (Lipinski definition) is 5. The molecule has 0 saturated carbocycles.